The van der Waals surface area contributed by atoms with Crippen LogP contribution in [0.4, 0.5) is 5.69 Å². The smallest absolute Gasteiger partial charge is 0.337 e. The number of anilines is 1. The van der Waals surface area contributed by atoms with Crippen molar-refractivity contribution in [3.05, 3.63) is 46.5 Å². The number of aryl methyl sites for hydroxylation is 1. The largest absolute Gasteiger partial charge is 0.495 e. The number of esters is 1. The van der Waals surface area contributed by atoms with Crippen LogP contribution in [0.3, 0.4) is 0 Å². The average Bonchev–Trinajstić information content (AvgIpc) is 2.66. The minimum absolute atomic E-state index is 0.0634. The Bertz CT molecular complexity index is 1010. The van der Waals surface area contributed by atoms with Gasteiger partial charge >= 0.3 is 5.97 Å². The fourth-order valence-corrected chi connectivity index (χ4v) is 4.80. The van der Waals surface area contributed by atoms with Crippen molar-refractivity contribution in [1.29, 1.82) is 0 Å². The molecule has 3 rings (SSSR count). The first-order chi connectivity index (χ1) is 12.8. The summed E-state index contributed by atoms with van der Waals surface area (Å²) in [4.78, 5) is 11.9. The molecule has 2 aromatic rings. The van der Waals surface area contributed by atoms with Gasteiger partial charge in [-0.3, -0.25) is 4.31 Å². The van der Waals surface area contributed by atoms with E-state index in [0.717, 1.165) is 0 Å². The number of benzene rings is 2. The SMILES string of the molecule is COC(=O)c1cc(C)c2c(c1)N(S(=O)(=O)c1cc(Cl)ccc1OC)CCO2. The van der Waals surface area contributed by atoms with Gasteiger partial charge < -0.3 is 14.2 Å². The number of nitrogens with zero attached hydrogens (tertiary/aromatic N) is 1. The fraction of sp³-hybridized carbons (Fsp3) is 0.278. The molecule has 0 aliphatic carbocycles. The van der Waals surface area contributed by atoms with Gasteiger partial charge in [0, 0.05) is 5.02 Å². The van der Waals surface area contributed by atoms with Crippen LogP contribution in [0.15, 0.2) is 35.2 Å². The second kappa shape index (κ2) is 7.28. The highest BCUT2D eigenvalue weighted by Crippen LogP contribution is 2.40. The second-order valence-corrected chi connectivity index (χ2v) is 8.12. The van der Waals surface area contributed by atoms with Crippen LogP contribution in [-0.4, -0.2) is 41.8 Å². The molecule has 0 saturated carbocycles. The average molecular weight is 412 g/mol. The van der Waals surface area contributed by atoms with Crippen LogP contribution in [0.2, 0.25) is 5.02 Å². The lowest BCUT2D eigenvalue weighted by Crippen LogP contribution is -2.38. The molecule has 0 radical (unpaired) electrons. The van der Waals surface area contributed by atoms with Crippen LogP contribution in [0, 0.1) is 6.92 Å². The van der Waals surface area contributed by atoms with Crippen LogP contribution in [-0.2, 0) is 14.8 Å². The number of methoxy groups -OCH3 is 2. The van der Waals surface area contributed by atoms with E-state index in [1.165, 1.54) is 36.7 Å². The van der Waals surface area contributed by atoms with Gasteiger partial charge in [-0.05, 0) is 42.8 Å². The summed E-state index contributed by atoms with van der Waals surface area (Å²) in [6, 6.07) is 7.42. The Balaban J connectivity index is 2.19. The number of carbonyl (C=O) groups excluding carboxylic acids is 1. The summed E-state index contributed by atoms with van der Waals surface area (Å²) in [7, 11) is -1.37. The molecule has 27 heavy (non-hydrogen) atoms. The van der Waals surface area contributed by atoms with Gasteiger partial charge in [0.2, 0.25) is 0 Å². The fourth-order valence-electron chi connectivity index (χ4n) is 2.94. The first kappa shape index (κ1) is 19.3. The van der Waals surface area contributed by atoms with Crippen molar-refractivity contribution >= 4 is 33.3 Å². The lowest BCUT2D eigenvalue weighted by Gasteiger charge is -2.32. The molecule has 0 amide bonds. The zero-order valence-electron chi connectivity index (χ0n) is 15.0. The second-order valence-electron chi connectivity index (χ2n) is 5.85. The van der Waals surface area contributed by atoms with Gasteiger partial charge in [-0.25, -0.2) is 13.2 Å². The van der Waals surface area contributed by atoms with E-state index in [9.17, 15) is 13.2 Å². The maximum atomic E-state index is 13.4. The van der Waals surface area contributed by atoms with Crippen molar-refractivity contribution in [3.8, 4) is 11.5 Å². The molecule has 1 heterocycles. The molecule has 0 bridgehead atoms. The number of sulfonamides is 1. The van der Waals surface area contributed by atoms with E-state index in [4.69, 9.17) is 25.8 Å². The highest BCUT2D eigenvalue weighted by atomic mass is 35.5. The van der Waals surface area contributed by atoms with Gasteiger partial charge in [-0.2, -0.15) is 0 Å². The van der Waals surface area contributed by atoms with E-state index in [-0.39, 0.29) is 40.1 Å². The molecule has 9 heteroatoms. The minimum atomic E-state index is -4.01. The van der Waals surface area contributed by atoms with Gasteiger partial charge in [0.15, 0.2) is 0 Å². The number of fused-ring (bicyclic) bond motifs is 1. The maximum Gasteiger partial charge on any atom is 0.337 e. The Hall–Kier alpha value is -2.45. The van der Waals surface area contributed by atoms with Gasteiger partial charge in [0.1, 0.15) is 23.0 Å². The highest BCUT2D eigenvalue weighted by Gasteiger charge is 2.34. The topological polar surface area (TPSA) is 82.1 Å². The van der Waals surface area contributed by atoms with E-state index >= 15 is 0 Å². The lowest BCUT2D eigenvalue weighted by molar-refractivity contribution is 0.0600. The number of hydrogen-bond acceptors (Lipinski definition) is 6. The third kappa shape index (κ3) is 3.42. The molecule has 0 N–H and O–H groups in total. The standard InChI is InChI=1S/C18H18ClNO6S/c1-11-8-12(18(21)25-3)9-14-17(11)26-7-6-20(14)27(22,23)16-10-13(19)4-5-15(16)24-2/h4-5,8-10H,6-7H2,1-3H3. The van der Waals surface area contributed by atoms with Gasteiger partial charge in [-0.15, -0.1) is 0 Å². The number of ether oxygens (including phenoxy) is 3. The number of rotatable bonds is 4. The maximum absolute atomic E-state index is 13.4. The molecule has 0 aromatic heterocycles. The summed E-state index contributed by atoms with van der Waals surface area (Å²) >= 11 is 6.01. The third-order valence-corrected chi connectivity index (χ3v) is 6.25. The molecule has 0 atom stereocenters. The number of halogens is 1. The third-order valence-electron chi connectivity index (χ3n) is 4.18. The molecule has 0 unspecified atom stereocenters. The molecule has 0 saturated heterocycles. The van der Waals surface area contributed by atoms with Crippen LogP contribution < -0.4 is 13.8 Å². The zero-order chi connectivity index (χ0) is 19.8. The molecule has 0 spiro atoms. The Kier molecular flexibility index (Phi) is 5.21. The summed E-state index contributed by atoms with van der Waals surface area (Å²) in [5, 5.41) is 0.266. The van der Waals surface area contributed by atoms with E-state index in [1.54, 1.807) is 19.1 Å². The summed E-state index contributed by atoms with van der Waals surface area (Å²) in [6.07, 6.45) is 0. The molecule has 7 nitrogen and oxygen atoms in total. The summed E-state index contributed by atoms with van der Waals surface area (Å²) < 4.78 is 43.5. The molecule has 144 valence electrons. The summed E-state index contributed by atoms with van der Waals surface area (Å²) in [5.41, 5.74) is 1.13. The van der Waals surface area contributed by atoms with E-state index in [2.05, 4.69) is 0 Å². The molecule has 1 aliphatic rings. The van der Waals surface area contributed by atoms with Gasteiger partial charge in [0.05, 0.1) is 32.0 Å². The first-order valence-electron chi connectivity index (χ1n) is 8.01. The van der Waals surface area contributed by atoms with E-state index in [1.807, 2.05) is 0 Å². The van der Waals surface area contributed by atoms with Gasteiger partial charge in [-0.1, -0.05) is 11.6 Å². The van der Waals surface area contributed by atoms with E-state index in [0.29, 0.717) is 11.3 Å². The number of hydrogen-bond donors (Lipinski definition) is 0. The van der Waals surface area contributed by atoms with Crippen molar-refractivity contribution < 1.29 is 27.4 Å². The Morgan fingerprint density at radius 3 is 2.63 bits per heavy atom. The Labute approximate surface area is 162 Å². The molecule has 0 fully saturated rings. The van der Waals surface area contributed by atoms with Crippen LogP contribution in [0.25, 0.3) is 0 Å². The van der Waals surface area contributed by atoms with Crippen LogP contribution in [0.5, 0.6) is 11.5 Å². The monoisotopic (exact) mass is 411 g/mol. The Morgan fingerprint density at radius 1 is 1.22 bits per heavy atom. The molecule has 2 aromatic carbocycles. The minimum Gasteiger partial charge on any atom is -0.495 e. The van der Waals surface area contributed by atoms with Crippen LogP contribution in [0.1, 0.15) is 15.9 Å². The van der Waals surface area contributed by atoms with Crippen molar-refractivity contribution in [2.24, 2.45) is 0 Å². The summed E-state index contributed by atoms with van der Waals surface area (Å²) in [6.45, 7) is 1.99. The zero-order valence-corrected chi connectivity index (χ0v) is 16.6. The normalized spacial score (nSPS) is 13.6. The van der Waals surface area contributed by atoms with Gasteiger partial charge in [0.25, 0.3) is 10.0 Å². The van der Waals surface area contributed by atoms with Crippen LogP contribution >= 0.6 is 11.6 Å². The van der Waals surface area contributed by atoms with Crippen molar-refractivity contribution in [3.63, 3.8) is 0 Å². The summed E-state index contributed by atoms with van der Waals surface area (Å²) in [5.74, 6) is 0.0101. The highest BCUT2D eigenvalue weighted by molar-refractivity contribution is 7.93. The first-order valence-corrected chi connectivity index (χ1v) is 9.83. The number of carbonyl (C=O) groups is 1. The molecule has 1 aliphatic heterocycles. The quantitative estimate of drug-likeness (QED) is 0.719. The molecular formula is C18H18ClNO6S. The predicted molar refractivity (Wildman–Crippen MR) is 101 cm³/mol. The van der Waals surface area contributed by atoms with Crippen molar-refractivity contribution in [2.75, 3.05) is 31.7 Å². The molecular weight excluding hydrogens is 394 g/mol. The van der Waals surface area contributed by atoms with E-state index < -0.39 is 16.0 Å². The predicted octanol–water partition coefficient (Wildman–Crippen LogP) is 3.03. The lowest BCUT2D eigenvalue weighted by atomic mass is 10.1. The van der Waals surface area contributed by atoms with Crippen molar-refractivity contribution in [2.45, 2.75) is 11.8 Å². The Morgan fingerprint density at radius 2 is 1.96 bits per heavy atom. The van der Waals surface area contributed by atoms with Crippen molar-refractivity contribution in [1.82, 2.24) is 0 Å².